The van der Waals surface area contributed by atoms with Gasteiger partial charge in [0.15, 0.2) is 0 Å². The summed E-state index contributed by atoms with van der Waals surface area (Å²) < 4.78 is 12.9. The van der Waals surface area contributed by atoms with E-state index in [1.807, 2.05) is 0 Å². The van der Waals surface area contributed by atoms with Crippen molar-refractivity contribution in [1.29, 1.82) is 0 Å². The average Bonchev–Trinajstić information content (AvgIpc) is 2.24. The molecule has 0 saturated heterocycles. The molecule has 86 valence electrons. The van der Waals surface area contributed by atoms with E-state index in [-0.39, 0.29) is 18.0 Å². The fraction of sp³-hybridized carbons (Fsp3) is 0.273. The highest BCUT2D eigenvalue weighted by molar-refractivity contribution is 5.97. The molecule has 0 fully saturated rings. The molecule has 0 aliphatic heterocycles. The Morgan fingerprint density at radius 3 is 2.62 bits per heavy atom. The van der Waals surface area contributed by atoms with Gasteiger partial charge in [-0.2, -0.15) is 0 Å². The second-order valence-corrected chi connectivity index (χ2v) is 3.21. The zero-order valence-electron chi connectivity index (χ0n) is 8.81. The lowest BCUT2D eigenvalue weighted by Gasteiger charge is -2.20. The summed E-state index contributed by atoms with van der Waals surface area (Å²) in [6, 6.07) is 5.30. The van der Waals surface area contributed by atoms with E-state index < -0.39 is 18.3 Å². The van der Waals surface area contributed by atoms with Gasteiger partial charge in [0.2, 0.25) is 5.91 Å². The third-order valence-electron chi connectivity index (χ3n) is 2.02. The van der Waals surface area contributed by atoms with Crippen molar-refractivity contribution in [1.82, 2.24) is 0 Å². The van der Waals surface area contributed by atoms with Crippen LogP contribution in [0.1, 0.15) is 13.3 Å². The van der Waals surface area contributed by atoms with Crippen LogP contribution in [0, 0.1) is 5.82 Å². The molecule has 1 aromatic carbocycles. The number of carboxylic acids is 1. The molecule has 1 amide bonds. The van der Waals surface area contributed by atoms with Crippen LogP contribution in [0.4, 0.5) is 10.1 Å². The molecule has 0 bridgehead atoms. The fourth-order valence-electron chi connectivity index (χ4n) is 1.29. The van der Waals surface area contributed by atoms with Gasteiger partial charge in [0.25, 0.3) is 0 Å². The summed E-state index contributed by atoms with van der Waals surface area (Å²) in [6.07, 6.45) is 0.170. The van der Waals surface area contributed by atoms with Gasteiger partial charge in [0.05, 0.1) is 0 Å². The van der Waals surface area contributed by atoms with Gasteiger partial charge >= 0.3 is 5.97 Å². The Kier molecular flexibility index (Phi) is 3.99. The minimum Gasteiger partial charge on any atom is -0.480 e. The molecule has 0 aliphatic rings. The van der Waals surface area contributed by atoms with Crippen LogP contribution in [0.2, 0.25) is 0 Å². The quantitative estimate of drug-likeness (QED) is 0.847. The van der Waals surface area contributed by atoms with E-state index in [4.69, 9.17) is 5.11 Å². The van der Waals surface area contributed by atoms with E-state index in [1.54, 1.807) is 6.92 Å². The van der Waals surface area contributed by atoms with Crippen LogP contribution in [0.5, 0.6) is 0 Å². The van der Waals surface area contributed by atoms with Crippen molar-refractivity contribution >= 4 is 17.6 Å². The molecule has 1 rings (SSSR count). The molecule has 0 atom stereocenters. The third kappa shape index (κ3) is 3.05. The van der Waals surface area contributed by atoms with Crippen molar-refractivity contribution in [3.8, 4) is 0 Å². The van der Waals surface area contributed by atoms with Gasteiger partial charge < -0.3 is 10.0 Å². The Morgan fingerprint density at radius 1 is 1.44 bits per heavy atom. The third-order valence-corrected chi connectivity index (χ3v) is 2.02. The van der Waals surface area contributed by atoms with Crippen molar-refractivity contribution in [2.45, 2.75) is 13.3 Å². The lowest BCUT2D eigenvalue weighted by molar-refractivity contribution is -0.136. The Balaban J connectivity index is 3.00. The van der Waals surface area contributed by atoms with E-state index in [1.165, 1.54) is 18.2 Å². The molecule has 0 heterocycles. The van der Waals surface area contributed by atoms with Gasteiger partial charge in [-0.05, 0) is 18.2 Å². The average molecular weight is 225 g/mol. The summed E-state index contributed by atoms with van der Waals surface area (Å²) in [5, 5.41) is 8.67. The van der Waals surface area contributed by atoms with Gasteiger partial charge in [0, 0.05) is 12.1 Å². The molecule has 0 radical (unpaired) electrons. The largest absolute Gasteiger partial charge is 0.480 e. The van der Waals surface area contributed by atoms with Crippen LogP contribution >= 0.6 is 0 Å². The molecule has 5 heteroatoms. The molecule has 4 nitrogen and oxygen atoms in total. The van der Waals surface area contributed by atoms with Gasteiger partial charge in [0.1, 0.15) is 12.4 Å². The van der Waals surface area contributed by atoms with Gasteiger partial charge in [-0.1, -0.05) is 13.0 Å². The number of nitrogens with zero attached hydrogens (tertiary/aromatic N) is 1. The van der Waals surface area contributed by atoms with E-state index in [0.29, 0.717) is 0 Å². The zero-order chi connectivity index (χ0) is 12.1. The molecule has 0 unspecified atom stereocenters. The summed E-state index contributed by atoms with van der Waals surface area (Å²) in [5.74, 6) is -1.99. The number of carbonyl (C=O) groups is 2. The second-order valence-electron chi connectivity index (χ2n) is 3.21. The van der Waals surface area contributed by atoms with Crippen molar-refractivity contribution in [3.05, 3.63) is 30.1 Å². The van der Waals surface area contributed by atoms with Crippen molar-refractivity contribution in [3.63, 3.8) is 0 Å². The molecular formula is C11H12FNO3. The maximum Gasteiger partial charge on any atom is 0.323 e. The van der Waals surface area contributed by atoms with Crippen molar-refractivity contribution < 1.29 is 19.1 Å². The minimum absolute atomic E-state index is 0.170. The maximum absolute atomic E-state index is 12.9. The van der Waals surface area contributed by atoms with Crippen LogP contribution in [-0.4, -0.2) is 23.5 Å². The van der Waals surface area contributed by atoms with Crippen molar-refractivity contribution in [2.75, 3.05) is 11.4 Å². The second kappa shape index (κ2) is 5.25. The molecule has 0 spiro atoms. The number of aliphatic carboxylic acids is 1. The molecule has 0 aliphatic carbocycles. The fourth-order valence-corrected chi connectivity index (χ4v) is 1.29. The summed E-state index contributed by atoms with van der Waals surface area (Å²) >= 11 is 0. The minimum atomic E-state index is -1.13. The lowest BCUT2D eigenvalue weighted by atomic mass is 10.2. The van der Waals surface area contributed by atoms with Gasteiger partial charge in [-0.25, -0.2) is 4.39 Å². The highest BCUT2D eigenvalue weighted by Gasteiger charge is 2.17. The first-order chi connectivity index (χ1) is 7.54. The summed E-state index contributed by atoms with van der Waals surface area (Å²) in [5.41, 5.74) is 0.259. The predicted molar refractivity (Wildman–Crippen MR) is 56.7 cm³/mol. The first-order valence-electron chi connectivity index (χ1n) is 4.82. The monoisotopic (exact) mass is 225 g/mol. The smallest absolute Gasteiger partial charge is 0.323 e. The SMILES string of the molecule is CCC(=O)N(CC(=O)O)c1cccc(F)c1. The Bertz CT molecular complexity index is 406. The normalized spacial score (nSPS) is 9.88. The van der Waals surface area contributed by atoms with Crippen LogP contribution in [-0.2, 0) is 9.59 Å². The Morgan fingerprint density at radius 2 is 2.12 bits per heavy atom. The van der Waals surface area contributed by atoms with Gasteiger partial charge in [-0.3, -0.25) is 9.59 Å². The van der Waals surface area contributed by atoms with Crippen molar-refractivity contribution in [2.24, 2.45) is 0 Å². The summed E-state index contributed by atoms with van der Waals surface area (Å²) in [4.78, 5) is 23.1. The Labute approximate surface area is 92.3 Å². The standard InChI is InChI=1S/C11H12FNO3/c1-2-10(14)13(7-11(15)16)9-5-3-4-8(12)6-9/h3-6H,2,7H2,1H3,(H,15,16). The number of hydrogen-bond acceptors (Lipinski definition) is 2. The van der Waals surface area contributed by atoms with Crippen LogP contribution in [0.25, 0.3) is 0 Å². The molecule has 0 aromatic heterocycles. The van der Waals surface area contributed by atoms with E-state index in [0.717, 1.165) is 11.0 Å². The number of hydrogen-bond donors (Lipinski definition) is 1. The zero-order valence-corrected chi connectivity index (χ0v) is 8.81. The highest BCUT2D eigenvalue weighted by atomic mass is 19.1. The van der Waals surface area contributed by atoms with E-state index in [2.05, 4.69) is 0 Å². The molecular weight excluding hydrogens is 213 g/mol. The van der Waals surface area contributed by atoms with Gasteiger partial charge in [-0.15, -0.1) is 0 Å². The first-order valence-corrected chi connectivity index (χ1v) is 4.82. The highest BCUT2D eigenvalue weighted by Crippen LogP contribution is 2.16. The van der Waals surface area contributed by atoms with Crippen LogP contribution in [0.3, 0.4) is 0 Å². The Hall–Kier alpha value is -1.91. The number of anilines is 1. The molecule has 16 heavy (non-hydrogen) atoms. The predicted octanol–water partition coefficient (Wildman–Crippen LogP) is 1.65. The summed E-state index contributed by atoms with van der Waals surface area (Å²) in [6.45, 7) is 1.16. The molecule has 1 aromatic rings. The topological polar surface area (TPSA) is 57.6 Å². The molecule has 1 N–H and O–H groups in total. The number of rotatable bonds is 4. The maximum atomic E-state index is 12.9. The lowest BCUT2D eigenvalue weighted by Crippen LogP contribution is -2.35. The first kappa shape index (κ1) is 12.2. The number of carbonyl (C=O) groups excluding carboxylic acids is 1. The van der Waals surface area contributed by atoms with Crippen LogP contribution in [0.15, 0.2) is 24.3 Å². The van der Waals surface area contributed by atoms with Crippen LogP contribution < -0.4 is 4.90 Å². The van der Waals surface area contributed by atoms with E-state index in [9.17, 15) is 14.0 Å². The number of amides is 1. The number of halogens is 1. The number of benzene rings is 1. The summed E-state index contributed by atoms with van der Waals surface area (Å²) in [7, 11) is 0. The molecule has 0 saturated carbocycles. The van der Waals surface area contributed by atoms with E-state index >= 15 is 0 Å². The number of carboxylic acid groups (broad SMARTS) is 1.